The third-order valence-corrected chi connectivity index (χ3v) is 2.89. The highest BCUT2D eigenvalue weighted by molar-refractivity contribution is 5.63. The lowest BCUT2D eigenvalue weighted by molar-refractivity contribution is 0.253. The molecule has 1 heterocycles. The number of rotatable bonds is 3. The van der Waals surface area contributed by atoms with Crippen LogP contribution in [0.4, 0.5) is 0 Å². The van der Waals surface area contributed by atoms with Crippen molar-refractivity contribution in [1.29, 1.82) is 0 Å². The zero-order chi connectivity index (χ0) is 12.4. The number of hydrogen-bond donors (Lipinski definition) is 1. The van der Waals surface area contributed by atoms with E-state index in [1.165, 1.54) is 0 Å². The van der Waals surface area contributed by atoms with Gasteiger partial charge in [-0.25, -0.2) is 0 Å². The monoisotopic (exact) mass is 239 g/mol. The van der Waals surface area contributed by atoms with Gasteiger partial charge in [-0.3, -0.25) is 0 Å². The Kier molecular flexibility index (Phi) is 3.28. The lowest BCUT2D eigenvalue weighted by atomic mass is 9.99. The molecule has 1 aromatic carbocycles. The van der Waals surface area contributed by atoms with Gasteiger partial charge in [0.1, 0.15) is 5.75 Å². The second kappa shape index (κ2) is 4.71. The van der Waals surface area contributed by atoms with Gasteiger partial charge in [0, 0.05) is 18.5 Å². The van der Waals surface area contributed by atoms with Crippen molar-refractivity contribution in [3.8, 4) is 23.0 Å². The van der Waals surface area contributed by atoms with Gasteiger partial charge in [-0.05, 0) is 0 Å². The standard InChI is InChI=1S/C12H17NO4/c1-14-9-6-8-10(7(13)4-5-17-8)12(16-3)11(9)15-2/h6-7H,4-5,13H2,1-3H3/t7-/m1/s1. The van der Waals surface area contributed by atoms with E-state index < -0.39 is 0 Å². The van der Waals surface area contributed by atoms with Gasteiger partial charge in [0.05, 0.1) is 33.5 Å². The lowest BCUT2D eigenvalue weighted by Crippen LogP contribution is -2.21. The molecule has 0 spiro atoms. The van der Waals surface area contributed by atoms with E-state index in [0.29, 0.717) is 29.6 Å². The Hall–Kier alpha value is -1.62. The molecule has 1 aliphatic heterocycles. The molecule has 1 atom stereocenters. The highest BCUT2D eigenvalue weighted by Crippen LogP contribution is 2.48. The van der Waals surface area contributed by atoms with Crippen molar-refractivity contribution in [2.45, 2.75) is 12.5 Å². The maximum atomic E-state index is 6.08. The molecule has 0 aromatic heterocycles. The number of fused-ring (bicyclic) bond motifs is 1. The second-order valence-corrected chi connectivity index (χ2v) is 3.80. The average Bonchev–Trinajstić information content (AvgIpc) is 2.36. The molecule has 2 rings (SSSR count). The van der Waals surface area contributed by atoms with E-state index >= 15 is 0 Å². The van der Waals surface area contributed by atoms with Crippen LogP contribution in [0, 0.1) is 0 Å². The summed E-state index contributed by atoms with van der Waals surface area (Å²) in [7, 11) is 4.73. The first-order valence-corrected chi connectivity index (χ1v) is 5.44. The largest absolute Gasteiger partial charge is 0.493 e. The highest BCUT2D eigenvalue weighted by atomic mass is 16.5. The summed E-state index contributed by atoms with van der Waals surface area (Å²) in [5.74, 6) is 2.43. The van der Waals surface area contributed by atoms with E-state index in [1.54, 1.807) is 27.4 Å². The summed E-state index contributed by atoms with van der Waals surface area (Å²) < 4.78 is 21.5. The third kappa shape index (κ3) is 1.86. The van der Waals surface area contributed by atoms with Gasteiger partial charge in [0.2, 0.25) is 5.75 Å². The van der Waals surface area contributed by atoms with Crippen LogP contribution in [0.3, 0.4) is 0 Å². The minimum atomic E-state index is -0.103. The van der Waals surface area contributed by atoms with Crippen molar-refractivity contribution < 1.29 is 18.9 Å². The van der Waals surface area contributed by atoms with Crippen LogP contribution in [0.1, 0.15) is 18.0 Å². The van der Waals surface area contributed by atoms with Gasteiger partial charge >= 0.3 is 0 Å². The Morgan fingerprint density at radius 2 is 1.88 bits per heavy atom. The molecule has 5 heteroatoms. The summed E-state index contributed by atoms with van der Waals surface area (Å²) in [5, 5.41) is 0. The Labute approximate surface area is 100 Å². The molecule has 5 nitrogen and oxygen atoms in total. The van der Waals surface area contributed by atoms with Crippen LogP contribution in [0.25, 0.3) is 0 Å². The first-order chi connectivity index (χ1) is 8.22. The summed E-state index contributed by atoms with van der Waals surface area (Å²) in [6.45, 7) is 0.604. The molecular weight excluding hydrogens is 222 g/mol. The van der Waals surface area contributed by atoms with E-state index in [-0.39, 0.29) is 6.04 Å². The van der Waals surface area contributed by atoms with E-state index in [9.17, 15) is 0 Å². The summed E-state index contributed by atoms with van der Waals surface area (Å²) in [6.07, 6.45) is 0.763. The molecule has 2 N–H and O–H groups in total. The van der Waals surface area contributed by atoms with Crippen LogP contribution in [0.2, 0.25) is 0 Å². The fraction of sp³-hybridized carbons (Fsp3) is 0.500. The Bertz CT molecular complexity index is 419. The quantitative estimate of drug-likeness (QED) is 0.866. The predicted octanol–water partition coefficient (Wildman–Crippen LogP) is 1.49. The van der Waals surface area contributed by atoms with Crippen LogP contribution >= 0.6 is 0 Å². The number of ether oxygens (including phenoxy) is 4. The summed E-state index contributed by atoms with van der Waals surface area (Å²) >= 11 is 0. The first-order valence-electron chi connectivity index (χ1n) is 5.44. The van der Waals surface area contributed by atoms with Crippen LogP contribution in [0.5, 0.6) is 23.0 Å². The number of benzene rings is 1. The van der Waals surface area contributed by atoms with Crippen LogP contribution in [0.15, 0.2) is 6.07 Å². The van der Waals surface area contributed by atoms with Crippen molar-refractivity contribution >= 4 is 0 Å². The number of hydrogen-bond acceptors (Lipinski definition) is 5. The van der Waals surface area contributed by atoms with Gasteiger partial charge in [-0.2, -0.15) is 0 Å². The molecule has 0 saturated carbocycles. The maximum Gasteiger partial charge on any atom is 0.203 e. The molecule has 0 fully saturated rings. The van der Waals surface area contributed by atoms with Gasteiger partial charge < -0.3 is 24.7 Å². The SMILES string of the molecule is COc1cc2c(c(OC)c1OC)[C@H](N)CCO2. The highest BCUT2D eigenvalue weighted by Gasteiger charge is 2.28. The van der Waals surface area contributed by atoms with Crippen molar-refractivity contribution in [2.24, 2.45) is 5.73 Å². The van der Waals surface area contributed by atoms with Crippen molar-refractivity contribution in [1.82, 2.24) is 0 Å². The molecule has 94 valence electrons. The summed E-state index contributed by atoms with van der Waals surface area (Å²) in [5.41, 5.74) is 6.93. The normalized spacial score (nSPS) is 18.0. The van der Waals surface area contributed by atoms with E-state index in [0.717, 1.165) is 12.0 Å². The summed E-state index contributed by atoms with van der Waals surface area (Å²) in [6, 6.07) is 1.68. The van der Waals surface area contributed by atoms with Crippen LogP contribution in [-0.2, 0) is 0 Å². The van der Waals surface area contributed by atoms with Crippen molar-refractivity contribution in [3.05, 3.63) is 11.6 Å². The molecule has 0 aliphatic carbocycles. The maximum absolute atomic E-state index is 6.08. The molecule has 0 unspecified atom stereocenters. The zero-order valence-corrected chi connectivity index (χ0v) is 10.3. The molecule has 1 aromatic rings. The zero-order valence-electron chi connectivity index (χ0n) is 10.3. The minimum absolute atomic E-state index is 0.103. The summed E-state index contributed by atoms with van der Waals surface area (Å²) in [4.78, 5) is 0. The van der Waals surface area contributed by atoms with Gasteiger partial charge in [0.25, 0.3) is 0 Å². The van der Waals surface area contributed by atoms with Gasteiger partial charge in [0.15, 0.2) is 11.5 Å². The molecule has 0 radical (unpaired) electrons. The molecule has 0 bridgehead atoms. The van der Waals surface area contributed by atoms with Crippen molar-refractivity contribution in [2.75, 3.05) is 27.9 Å². The molecule has 17 heavy (non-hydrogen) atoms. The fourth-order valence-corrected chi connectivity index (χ4v) is 2.07. The van der Waals surface area contributed by atoms with Crippen LogP contribution < -0.4 is 24.7 Å². The van der Waals surface area contributed by atoms with Crippen molar-refractivity contribution in [3.63, 3.8) is 0 Å². The molecule has 0 saturated heterocycles. The number of nitrogens with two attached hydrogens (primary N) is 1. The average molecular weight is 239 g/mol. The molecule has 0 amide bonds. The van der Waals surface area contributed by atoms with Crippen LogP contribution in [-0.4, -0.2) is 27.9 Å². The smallest absolute Gasteiger partial charge is 0.203 e. The van der Waals surface area contributed by atoms with Gasteiger partial charge in [-0.15, -0.1) is 0 Å². The minimum Gasteiger partial charge on any atom is -0.493 e. The fourth-order valence-electron chi connectivity index (χ4n) is 2.07. The lowest BCUT2D eigenvalue weighted by Gasteiger charge is -2.26. The van der Waals surface area contributed by atoms with E-state index in [2.05, 4.69) is 0 Å². The predicted molar refractivity (Wildman–Crippen MR) is 63.1 cm³/mol. The Balaban J connectivity index is 2.65. The first kappa shape index (κ1) is 11.9. The van der Waals surface area contributed by atoms with E-state index in [4.69, 9.17) is 24.7 Å². The Morgan fingerprint density at radius 3 is 2.47 bits per heavy atom. The second-order valence-electron chi connectivity index (χ2n) is 3.80. The third-order valence-electron chi connectivity index (χ3n) is 2.89. The van der Waals surface area contributed by atoms with E-state index in [1.807, 2.05) is 0 Å². The molecular formula is C12H17NO4. The number of methoxy groups -OCH3 is 3. The topological polar surface area (TPSA) is 62.9 Å². The Morgan fingerprint density at radius 1 is 1.18 bits per heavy atom. The molecule has 1 aliphatic rings. The van der Waals surface area contributed by atoms with Gasteiger partial charge in [-0.1, -0.05) is 0 Å².